The highest BCUT2D eigenvalue weighted by Crippen LogP contribution is 2.22. The van der Waals surface area contributed by atoms with E-state index in [4.69, 9.17) is 5.26 Å². The molecule has 0 saturated carbocycles. The third-order valence-electron chi connectivity index (χ3n) is 4.57. The molecule has 1 atom stereocenters. The Labute approximate surface area is 139 Å². The van der Waals surface area contributed by atoms with Crippen molar-refractivity contribution in [2.24, 2.45) is 0 Å². The summed E-state index contributed by atoms with van der Waals surface area (Å²) in [6, 6.07) is 5.33. The second kappa shape index (κ2) is 5.94. The Kier molecular flexibility index (Phi) is 3.63. The number of piperazine rings is 2. The highest BCUT2D eigenvalue weighted by Gasteiger charge is 2.39. The first kappa shape index (κ1) is 14.7. The molecule has 0 bridgehead atoms. The van der Waals surface area contributed by atoms with Crippen LogP contribution in [0.2, 0.25) is 0 Å². The lowest BCUT2D eigenvalue weighted by Crippen LogP contribution is -2.64. The maximum atomic E-state index is 12.8. The molecule has 24 heavy (non-hydrogen) atoms. The zero-order valence-electron chi connectivity index (χ0n) is 13.1. The molecule has 0 N–H and O–H groups in total. The summed E-state index contributed by atoms with van der Waals surface area (Å²) in [6.07, 6.45) is 7.41. The number of nitriles is 1. The van der Waals surface area contributed by atoms with Crippen LogP contribution in [0.15, 0.2) is 36.8 Å². The van der Waals surface area contributed by atoms with Gasteiger partial charge in [0.1, 0.15) is 11.9 Å². The zero-order valence-corrected chi connectivity index (χ0v) is 13.1. The summed E-state index contributed by atoms with van der Waals surface area (Å²) in [7, 11) is 0. The molecule has 2 aliphatic heterocycles. The van der Waals surface area contributed by atoms with Gasteiger partial charge in [-0.15, -0.1) is 0 Å². The van der Waals surface area contributed by atoms with Gasteiger partial charge in [0.25, 0.3) is 0 Å². The van der Waals surface area contributed by atoms with Crippen LogP contribution in [-0.2, 0) is 4.79 Å². The highest BCUT2D eigenvalue weighted by molar-refractivity contribution is 5.97. The van der Waals surface area contributed by atoms with Crippen molar-refractivity contribution in [3.63, 3.8) is 0 Å². The average Bonchev–Trinajstić information content (AvgIpc) is 3.17. The van der Waals surface area contributed by atoms with E-state index in [1.165, 1.54) is 0 Å². The minimum absolute atomic E-state index is 0.0144. The molecular weight excluding hydrogens is 306 g/mol. The molecule has 4 heterocycles. The van der Waals surface area contributed by atoms with Crippen LogP contribution >= 0.6 is 0 Å². The van der Waals surface area contributed by atoms with Crippen molar-refractivity contribution < 1.29 is 4.79 Å². The number of amides is 1. The first-order valence-electron chi connectivity index (χ1n) is 7.92. The predicted molar refractivity (Wildman–Crippen MR) is 86.3 cm³/mol. The Bertz CT molecular complexity index is 765. The molecule has 4 rings (SSSR count). The molecule has 2 saturated heterocycles. The molecule has 1 amide bonds. The number of pyridine rings is 1. The first-order valence-corrected chi connectivity index (χ1v) is 7.92. The molecule has 122 valence electrons. The van der Waals surface area contributed by atoms with Crippen molar-refractivity contribution in [3.8, 4) is 11.9 Å². The Hall–Kier alpha value is -2.92. The number of carbonyl (C=O) groups is 1. The summed E-state index contributed by atoms with van der Waals surface area (Å²) in [5, 5.41) is 13.3. The van der Waals surface area contributed by atoms with Gasteiger partial charge in [0.15, 0.2) is 6.19 Å². The second-order valence-electron chi connectivity index (χ2n) is 5.91. The van der Waals surface area contributed by atoms with Crippen LogP contribution in [0.1, 0.15) is 0 Å². The molecule has 2 fully saturated rings. The van der Waals surface area contributed by atoms with E-state index in [9.17, 15) is 4.79 Å². The number of hydrogen-bond donors (Lipinski definition) is 0. The fourth-order valence-corrected chi connectivity index (χ4v) is 3.25. The molecule has 2 aromatic heterocycles. The van der Waals surface area contributed by atoms with Crippen molar-refractivity contribution in [1.82, 2.24) is 24.6 Å². The number of hydrogen-bond acceptors (Lipinski definition) is 6. The standard InChI is InChI=1S/C16H17N7O/c17-12-20-6-7-21-8-9-22(16(24)14(21)11-20)15-3-2-13(10-18-15)23-5-1-4-19-23/h1-5,10,14H,6-9,11H2/t14-/m1/s1. The SMILES string of the molecule is N#CN1CCN2CCN(c3ccc(-n4cccn4)cn3)C(=O)[C@H]2C1. The second-order valence-corrected chi connectivity index (χ2v) is 5.91. The molecule has 0 aliphatic carbocycles. The monoisotopic (exact) mass is 323 g/mol. The molecule has 0 spiro atoms. The number of fused-ring (bicyclic) bond motifs is 1. The van der Waals surface area contributed by atoms with E-state index in [1.807, 2.05) is 24.4 Å². The first-order chi connectivity index (χ1) is 11.8. The zero-order chi connectivity index (χ0) is 16.5. The maximum absolute atomic E-state index is 12.8. The molecule has 8 heteroatoms. The van der Waals surface area contributed by atoms with Gasteiger partial charge in [-0.05, 0) is 18.2 Å². The average molecular weight is 323 g/mol. The fourth-order valence-electron chi connectivity index (χ4n) is 3.25. The molecule has 0 radical (unpaired) electrons. The van der Waals surface area contributed by atoms with E-state index in [0.29, 0.717) is 25.5 Å². The van der Waals surface area contributed by atoms with Crippen molar-refractivity contribution in [2.45, 2.75) is 6.04 Å². The topological polar surface area (TPSA) is 81.3 Å². The third-order valence-corrected chi connectivity index (χ3v) is 4.57. The molecule has 0 aromatic carbocycles. The van der Waals surface area contributed by atoms with Gasteiger partial charge in [0.2, 0.25) is 5.91 Å². The minimum Gasteiger partial charge on any atom is -0.307 e. The number of anilines is 1. The minimum atomic E-state index is -0.264. The summed E-state index contributed by atoms with van der Waals surface area (Å²) in [6.45, 7) is 3.33. The van der Waals surface area contributed by atoms with Gasteiger partial charge in [-0.1, -0.05) is 0 Å². The van der Waals surface area contributed by atoms with Crippen LogP contribution < -0.4 is 4.90 Å². The Balaban J connectivity index is 1.54. The third kappa shape index (κ3) is 2.49. The summed E-state index contributed by atoms with van der Waals surface area (Å²) in [5.74, 6) is 0.658. The van der Waals surface area contributed by atoms with Gasteiger partial charge in [0.05, 0.1) is 18.4 Å². The lowest BCUT2D eigenvalue weighted by Gasteiger charge is -2.44. The van der Waals surface area contributed by atoms with E-state index in [0.717, 1.165) is 18.8 Å². The number of rotatable bonds is 2. The van der Waals surface area contributed by atoms with Crippen LogP contribution in [0.3, 0.4) is 0 Å². The Morgan fingerprint density at radius 1 is 1.21 bits per heavy atom. The Morgan fingerprint density at radius 3 is 2.79 bits per heavy atom. The van der Waals surface area contributed by atoms with Gasteiger partial charge in [0, 0.05) is 38.6 Å². The number of nitrogens with zero attached hydrogens (tertiary/aromatic N) is 7. The number of aromatic nitrogens is 3. The molecule has 0 unspecified atom stereocenters. The molecule has 2 aliphatic rings. The quantitative estimate of drug-likeness (QED) is 0.728. The maximum Gasteiger partial charge on any atom is 0.247 e. The summed E-state index contributed by atoms with van der Waals surface area (Å²) >= 11 is 0. The van der Waals surface area contributed by atoms with Gasteiger partial charge in [-0.2, -0.15) is 10.4 Å². The van der Waals surface area contributed by atoms with Gasteiger partial charge in [-0.3, -0.25) is 14.6 Å². The summed E-state index contributed by atoms with van der Waals surface area (Å²) < 4.78 is 1.72. The highest BCUT2D eigenvalue weighted by atomic mass is 16.2. The van der Waals surface area contributed by atoms with E-state index < -0.39 is 0 Å². The lowest BCUT2D eigenvalue weighted by atomic mass is 10.1. The Morgan fingerprint density at radius 2 is 2.08 bits per heavy atom. The van der Waals surface area contributed by atoms with E-state index in [1.54, 1.807) is 26.9 Å². The van der Waals surface area contributed by atoms with Crippen molar-refractivity contribution in [1.29, 1.82) is 5.26 Å². The normalized spacial score (nSPS) is 21.5. The predicted octanol–water partition coefficient (Wildman–Crippen LogP) is 0.0812. The van der Waals surface area contributed by atoms with Gasteiger partial charge in [-0.25, -0.2) is 9.67 Å². The van der Waals surface area contributed by atoms with E-state index in [2.05, 4.69) is 21.2 Å². The largest absolute Gasteiger partial charge is 0.307 e. The van der Waals surface area contributed by atoms with Crippen molar-refractivity contribution in [3.05, 3.63) is 36.8 Å². The van der Waals surface area contributed by atoms with Gasteiger partial charge < -0.3 is 4.90 Å². The molecule has 2 aromatic rings. The number of carbonyl (C=O) groups excluding carboxylic acids is 1. The van der Waals surface area contributed by atoms with Crippen molar-refractivity contribution >= 4 is 11.7 Å². The van der Waals surface area contributed by atoms with Gasteiger partial charge >= 0.3 is 0 Å². The van der Waals surface area contributed by atoms with Crippen LogP contribution in [0.25, 0.3) is 5.69 Å². The van der Waals surface area contributed by atoms with Crippen molar-refractivity contribution in [2.75, 3.05) is 37.6 Å². The van der Waals surface area contributed by atoms with Crippen LogP contribution in [0.4, 0.5) is 5.82 Å². The fraction of sp³-hybridized carbons (Fsp3) is 0.375. The van der Waals surface area contributed by atoms with Crippen LogP contribution in [0.5, 0.6) is 0 Å². The molecule has 8 nitrogen and oxygen atoms in total. The summed E-state index contributed by atoms with van der Waals surface area (Å²) in [4.78, 5) is 22.8. The van der Waals surface area contributed by atoms with E-state index >= 15 is 0 Å². The molecular formula is C16H17N7O. The smallest absolute Gasteiger partial charge is 0.247 e. The van der Waals surface area contributed by atoms with Crippen LogP contribution in [-0.4, -0.2) is 69.2 Å². The van der Waals surface area contributed by atoms with E-state index in [-0.39, 0.29) is 11.9 Å². The summed E-state index contributed by atoms with van der Waals surface area (Å²) in [5.41, 5.74) is 0.850. The van der Waals surface area contributed by atoms with Crippen LogP contribution in [0, 0.1) is 11.5 Å². The lowest BCUT2D eigenvalue weighted by molar-refractivity contribution is -0.127.